The molecule has 2 aromatic rings. The van der Waals surface area contributed by atoms with Gasteiger partial charge in [-0.15, -0.1) is 11.3 Å². The first-order chi connectivity index (χ1) is 14.8. The Morgan fingerprint density at radius 2 is 2.03 bits per heavy atom. The van der Waals surface area contributed by atoms with Crippen molar-refractivity contribution in [1.82, 2.24) is 15.2 Å². The number of amides is 2. The van der Waals surface area contributed by atoms with Crippen LogP contribution in [0.4, 0.5) is 0 Å². The van der Waals surface area contributed by atoms with Crippen LogP contribution < -0.4 is 5.32 Å². The Kier molecular flexibility index (Phi) is 6.86. The van der Waals surface area contributed by atoms with E-state index >= 15 is 0 Å². The number of aromatic nitrogens is 1. The van der Waals surface area contributed by atoms with Crippen LogP contribution in [0.3, 0.4) is 0 Å². The highest BCUT2D eigenvalue weighted by Gasteiger charge is 2.34. The van der Waals surface area contributed by atoms with Crippen molar-refractivity contribution in [1.29, 1.82) is 0 Å². The Balaban J connectivity index is 1.48. The zero-order chi connectivity index (χ0) is 22.1. The van der Waals surface area contributed by atoms with Crippen molar-refractivity contribution >= 4 is 46.4 Å². The van der Waals surface area contributed by atoms with Gasteiger partial charge in [0, 0.05) is 23.0 Å². The van der Waals surface area contributed by atoms with Crippen LogP contribution in [0.15, 0.2) is 17.5 Å². The Labute approximate surface area is 195 Å². The molecule has 2 heterocycles. The molecule has 0 radical (unpaired) electrons. The zero-order valence-electron chi connectivity index (χ0n) is 17.2. The van der Waals surface area contributed by atoms with Gasteiger partial charge < -0.3 is 15.3 Å². The molecule has 3 atom stereocenters. The first-order valence-electron chi connectivity index (χ1n) is 10.5. The summed E-state index contributed by atoms with van der Waals surface area (Å²) in [6.45, 7) is 2.41. The summed E-state index contributed by atoms with van der Waals surface area (Å²) in [5.41, 5.74) is 1.48. The summed E-state index contributed by atoms with van der Waals surface area (Å²) in [5.74, 6) is -0.376. The van der Waals surface area contributed by atoms with Crippen LogP contribution in [0.2, 0.25) is 10.0 Å². The third-order valence-electron chi connectivity index (χ3n) is 6.09. The molecule has 4 rings (SSSR count). The highest BCUT2D eigenvalue weighted by molar-refractivity contribution is 7.09. The second-order valence-corrected chi connectivity index (χ2v) is 9.93. The van der Waals surface area contributed by atoms with E-state index in [4.69, 9.17) is 23.2 Å². The summed E-state index contributed by atoms with van der Waals surface area (Å²) in [6, 6.07) is 3.15. The number of thiazole rings is 1. The van der Waals surface area contributed by atoms with Crippen LogP contribution in [-0.4, -0.2) is 45.5 Å². The van der Waals surface area contributed by atoms with Crippen molar-refractivity contribution in [2.45, 2.75) is 63.6 Å². The fraction of sp³-hybridized carbons (Fsp3) is 0.500. The average molecular weight is 482 g/mol. The van der Waals surface area contributed by atoms with Gasteiger partial charge in [0.25, 0.3) is 11.8 Å². The molecule has 1 saturated heterocycles. The van der Waals surface area contributed by atoms with Gasteiger partial charge >= 0.3 is 0 Å². The largest absolute Gasteiger partial charge is 0.393 e. The zero-order valence-corrected chi connectivity index (χ0v) is 19.6. The lowest BCUT2D eigenvalue weighted by atomic mass is 9.93. The molecule has 2 fully saturated rings. The molecule has 31 heavy (non-hydrogen) atoms. The number of hydrogen-bond donors (Lipinski definition) is 2. The Morgan fingerprint density at radius 1 is 1.23 bits per heavy atom. The number of rotatable bonds is 4. The lowest BCUT2D eigenvalue weighted by Crippen LogP contribution is -2.39. The van der Waals surface area contributed by atoms with Gasteiger partial charge in [0.05, 0.1) is 22.7 Å². The quantitative estimate of drug-likeness (QED) is 0.658. The minimum absolute atomic E-state index is 0.0266. The third kappa shape index (κ3) is 4.75. The maximum atomic E-state index is 13.2. The van der Waals surface area contributed by atoms with Crippen LogP contribution in [0, 0.1) is 6.92 Å². The smallest absolute Gasteiger partial charge is 0.270 e. The van der Waals surface area contributed by atoms with Gasteiger partial charge in [-0.3, -0.25) is 9.59 Å². The fourth-order valence-electron chi connectivity index (χ4n) is 4.35. The number of halogens is 2. The molecular weight excluding hydrogens is 457 g/mol. The van der Waals surface area contributed by atoms with Gasteiger partial charge in [0.2, 0.25) is 0 Å². The van der Waals surface area contributed by atoms with Crippen molar-refractivity contribution in [2.75, 3.05) is 6.54 Å². The van der Waals surface area contributed by atoms with Gasteiger partial charge in [0.1, 0.15) is 10.7 Å². The van der Waals surface area contributed by atoms with Crippen molar-refractivity contribution in [3.8, 4) is 0 Å². The number of benzene rings is 1. The standard InChI is InChI=1S/C22H25Cl2N3O3S/c1-12-16(23)8-7-15(19(12)24)22(30)27-9-3-6-18(27)21-26-17(11-31-21)20(29)25-13-4-2-5-14(28)10-13/h7-8,11,13-14,18,28H,2-6,9-10H2,1H3,(H,25,29)/t13-,14-,18?/m1/s1. The molecule has 1 aliphatic heterocycles. The molecule has 1 aromatic heterocycles. The number of nitrogens with zero attached hydrogens (tertiary/aromatic N) is 2. The summed E-state index contributed by atoms with van der Waals surface area (Å²) in [4.78, 5) is 32.2. The highest BCUT2D eigenvalue weighted by Crippen LogP contribution is 2.37. The van der Waals surface area contributed by atoms with E-state index in [1.165, 1.54) is 11.3 Å². The third-order valence-corrected chi connectivity index (χ3v) is 7.93. The van der Waals surface area contributed by atoms with Crippen LogP contribution in [-0.2, 0) is 0 Å². The van der Waals surface area contributed by atoms with E-state index < -0.39 is 0 Å². The normalized spacial score (nSPS) is 23.7. The van der Waals surface area contributed by atoms with Gasteiger partial charge in [-0.05, 0) is 63.1 Å². The second-order valence-electron chi connectivity index (χ2n) is 8.25. The molecule has 1 unspecified atom stereocenters. The first kappa shape index (κ1) is 22.5. The molecule has 2 N–H and O–H groups in total. The summed E-state index contributed by atoms with van der Waals surface area (Å²) in [7, 11) is 0. The SMILES string of the molecule is Cc1c(Cl)ccc(C(=O)N2CCCC2c2nc(C(=O)N[C@@H]3CCC[C@@H](O)C3)cs2)c1Cl. The topological polar surface area (TPSA) is 82.5 Å². The number of carbonyl (C=O) groups is 2. The van der Waals surface area contributed by atoms with Crippen LogP contribution in [0.5, 0.6) is 0 Å². The van der Waals surface area contributed by atoms with Crippen molar-refractivity contribution in [2.24, 2.45) is 0 Å². The molecule has 1 aromatic carbocycles. The van der Waals surface area contributed by atoms with E-state index in [0.29, 0.717) is 39.8 Å². The number of carbonyl (C=O) groups excluding carboxylic acids is 2. The number of hydrogen-bond acceptors (Lipinski definition) is 5. The van der Waals surface area contributed by atoms with Gasteiger partial charge in [-0.2, -0.15) is 0 Å². The predicted molar refractivity (Wildman–Crippen MR) is 122 cm³/mol. The Bertz CT molecular complexity index is 996. The molecule has 1 aliphatic carbocycles. The summed E-state index contributed by atoms with van der Waals surface area (Å²) >= 11 is 13.9. The number of aliphatic hydroxyl groups excluding tert-OH is 1. The van der Waals surface area contributed by atoms with Crippen LogP contribution >= 0.6 is 34.5 Å². The van der Waals surface area contributed by atoms with Crippen LogP contribution in [0.25, 0.3) is 0 Å². The first-order valence-corrected chi connectivity index (χ1v) is 12.2. The lowest BCUT2D eigenvalue weighted by Gasteiger charge is -2.26. The second kappa shape index (κ2) is 9.45. The Morgan fingerprint density at radius 3 is 2.81 bits per heavy atom. The molecule has 1 saturated carbocycles. The van der Waals surface area contributed by atoms with E-state index in [-0.39, 0.29) is 30.0 Å². The van der Waals surface area contributed by atoms with E-state index in [1.54, 1.807) is 29.3 Å². The lowest BCUT2D eigenvalue weighted by molar-refractivity contribution is 0.0735. The minimum Gasteiger partial charge on any atom is -0.393 e. The number of likely N-dealkylation sites (tertiary alicyclic amines) is 1. The molecule has 2 amide bonds. The van der Waals surface area contributed by atoms with E-state index in [1.807, 2.05) is 0 Å². The van der Waals surface area contributed by atoms with Gasteiger partial charge in [-0.25, -0.2) is 4.98 Å². The molecule has 9 heteroatoms. The van der Waals surface area contributed by atoms with Crippen molar-refractivity contribution in [3.63, 3.8) is 0 Å². The molecule has 2 aliphatic rings. The Hall–Kier alpha value is -1.67. The fourth-order valence-corrected chi connectivity index (χ4v) is 5.74. The molecule has 166 valence electrons. The van der Waals surface area contributed by atoms with E-state index in [0.717, 1.165) is 37.1 Å². The van der Waals surface area contributed by atoms with Gasteiger partial charge in [-0.1, -0.05) is 23.2 Å². The molecular formula is C22H25Cl2N3O3S. The summed E-state index contributed by atoms with van der Waals surface area (Å²) < 4.78 is 0. The maximum absolute atomic E-state index is 13.2. The molecule has 6 nitrogen and oxygen atoms in total. The van der Waals surface area contributed by atoms with Crippen molar-refractivity contribution in [3.05, 3.63) is 49.4 Å². The molecule has 0 bridgehead atoms. The van der Waals surface area contributed by atoms with E-state index in [9.17, 15) is 14.7 Å². The van der Waals surface area contributed by atoms with E-state index in [2.05, 4.69) is 10.3 Å². The maximum Gasteiger partial charge on any atom is 0.270 e. The summed E-state index contributed by atoms with van der Waals surface area (Å²) in [5, 5.41) is 16.2. The number of nitrogens with one attached hydrogen (secondary N) is 1. The monoisotopic (exact) mass is 481 g/mol. The molecule has 0 spiro atoms. The van der Waals surface area contributed by atoms with Gasteiger partial charge in [0.15, 0.2) is 0 Å². The van der Waals surface area contributed by atoms with Crippen molar-refractivity contribution < 1.29 is 14.7 Å². The predicted octanol–water partition coefficient (Wildman–Crippen LogP) is 4.77. The summed E-state index contributed by atoms with van der Waals surface area (Å²) in [6.07, 6.45) is 4.43. The number of aliphatic hydroxyl groups is 1. The highest BCUT2D eigenvalue weighted by atomic mass is 35.5. The average Bonchev–Trinajstić information content (AvgIpc) is 3.41. The minimum atomic E-state index is -0.355. The van der Waals surface area contributed by atoms with Crippen LogP contribution in [0.1, 0.15) is 76.0 Å².